The van der Waals surface area contributed by atoms with Gasteiger partial charge in [0.05, 0.1) is 16.6 Å². The molecule has 0 radical (unpaired) electrons. The Morgan fingerprint density at radius 3 is 2.61 bits per heavy atom. The van der Waals surface area contributed by atoms with E-state index in [9.17, 15) is 4.79 Å². The number of pyridine rings is 2. The molecule has 1 saturated heterocycles. The molecule has 2 fully saturated rings. The summed E-state index contributed by atoms with van der Waals surface area (Å²) in [5.74, 6) is 0.0833. The van der Waals surface area contributed by atoms with Crippen LogP contribution in [0.25, 0.3) is 11.3 Å². The van der Waals surface area contributed by atoms with Gasteiger partial charge in [-0.2, -0.15) is 5.10 Å². The van der Waals surface area contributed by atoms with Gasteiger partial charge in [0.2, 0.25) is 0 Å². The van der Waals surface area contributed by atoms with Gasteiger partial charge in [-0.3, -0.25) is 14.5 Å². The molecule has 4 heterocycles. The van der Waals surface area contributed by atoms with Crippen molar-refractivity contribution in [2.45, 2.75) is 54.9 Å². The number of rotatable bonds is 5. The fourth-order valence-corrected chi connectivity index (χ4v) is 4.08. The standard InChI is InChI=1S/C21H20N4O2S/c1-12-3-8-18(23-9-12)28-17-11-25(15-5-6-15)24-19(17)14-4-7-16(22-10-14)21-20(26)13(2)27-21/h3-4,7-11,13,15,21H,5-6H2,1-2H3. The van der Waals surface area contributed by atoms with Gasteiger partial charge in [0.15, 0.2) is 11.9 Å². The minimum atomic E-state index is -0.529. The quantitative estimate of drug-likeness (QED) is 0.649. The molecule has 5 rings (SSSR count). The first-order valence-corrected chi connectivity index (χ1v) is 10.3. The Bertz CT molecular complexity index is 1030. The third-order valence-corrected chi connectivity index (χ3v) is 6.02. The van der Waals surface area contributed by atoms with E-state index in [1.54, 1.807) is 24.9 Å². The molecular formula is C21H20N4O2S. The maximum atomic E-state index is 11.9. The molecule has 0 bridgehead atoms. The van der Waals surface area contributed by atoms with Crippen LogP contribution < -0.4 is 0 Å². The molecule has 2 atom stereocenters. The van der Waals surface area contributed by atoms with Gasteiger partial charge in [-0.1, -0.05) is 17.8 Å². The average Bonchev–Trinajstić information content (AvgIpc) is 3.48. The first kappa shape index (κ1) is 17.6. The summed E-state index contributed by atoms with van der Waals surface area (Å²) in [5, 5.41) is 5.76. The fourth-order valence-electron chi connectivity index (χ4n) is 3.20. The molecule has 0 aromatic carbocycles. The van der Waals surface area contributed by atoms with Gasteiger partial charge in [0, 0.05) is 24.2 Å². The van der Waals surface area contributed by atoms with Crippen molar-refractivity contribution in [2.24, 2.45) is 0 Å². The lowest BCUT2D eigenvalue weighted by molar-refractivity contribution is -0.170. The van der Waals surface area contributed by atoms with Gasteiger partial charge in [-0.15, -0.1) is 0 Å². The maximum Gasteiger partial charge on any atom is 0.196 e. The Hall–Kier alpha value is -2.51. The largest absolute Gasteiger partial charge is 0.353 e. The molecule has 1 saturated carbocycles. The highest BCUT2D eigenvalue weighted by atomic mass is 32.2. The summed E-state index contributed by atoms with van der Waals surface area (Å²) in [6.07, 6.45) is 7.24. The highest BCUT2D eigenvalue weighted by molar-refractivity contribution is 7.99. The molecule has 2 aliphatic rings. The molecule has 142 valence electrons. The van der Waals surface area contributed by atoms with E-state index in [1.165, 1.54) is 12.8 Å². The molecule has 2 unspecified atom stereocenters. The molecule has 3 aromatic heterocycles. The van der Waals surface area contributed by atoms with E-state index < -0.39 is 6.10 Å². The van der Waals surface area contributed by atoms with Crippen LogP contribution in [0.1, 0.15) is 43.2 Å². The Kier molecular flexibility index (Phi) is 4.29. The normalized spacial score (nSPS) is 21.6. The van der Waals surface area contributed by atoms with Crippen molar-refractivity contribution in [2.75, 3.05) is 0 Å². The van der Waals surface area contributed by atoms with Gasteiger partial charge >= 0.3 is 0 Å². The van der Waals surface area contributed by atoms with Crippen LogP contribution >= 0.6 is 11.8 Å². The number of nitrogens with zero attached hydrogens (tertiary/aromatic N) is 4. The summed E-state index contributed by atoms with van der Waals surface area (Å²) in [4.78, 5) is 21.9. The number of aryl methyl sites for hydroxylation is 1. The van der Waals surface area contributed by atoms with Crippen molar-refractivity contribution in [1.29, 1.82) is 0 Å². The van der Waals surface area contributed by atoms with E-state index in [2.05, 4.69) is 26.9 Å². The second-order valence-corrected chi connectivity index (χ2v) is 8.42. The number of ether oxygens (including phenoxy) is 1. The second kappa shape index (κ2) is 6.83. The first-order chi connectivity index (χ1) is 13.6. The predicted molar refractivity (Wildman–Crippen MR) is 105 cm³/mol. The Morgan fingerprint density at radius 1 is 1.14 bits per heavy atom. The molecule has 0 N–H and O–H groups in total. The van der Waals surface area contributed by atoms with Gasteiger partial charge in [-0.05, 0) is 50.5 Å². The van der Waals surface area contributed by atoms with Gasteiger partial charge < -0.3 is 4.74 Å². The third-order valence-electron chi connectivity index (χ3n) is 5.05. The van der Waals surface area contributed by atoms with Crippen LogP contribution in [-0.4, -0.2) is 31.6 Å². The Balaban J connectivity index is 1.45. The fraction of sp³-hybridized carbons (Fsp3) is 0.333. The molecule has 0 amide bonds. The zero-order valence-corrected chi connectivity index (χ0v) is 16.5. The average molecular weight is 392 g/mol. The molecular weight excluding hydrogens is 372 g/mol. The number of Topliss-reactive ketones (excluding diaryl/α,β-unsaturated/α-hetero) is 1. The molecule has 6 nitrogen and oxygen atoms in total. The van der Waals surface area contributed by atoms with Crippen LogP contribution in [0.2, 0.25) is 0 Å². The lowest BCUT2D eigenvalue weighted by Gasteiger charge is -2.30. The van der Waals surface area contributed by atoms with Crippen LogP contribution in [0.5, 0.6) is 0 Å². The minimum Gasteiger partial charge on any atom is -0.353 e. The summed E-state index contributed by atoms with van der Waals surface area (Å²) in [6, 6.07) is 8.41. The number of carbonyl (C=O) groups excluding carboxylic acids is 1. The van der Waals surface area contributed by atoms with Crippen LogP contribution in [0.3, 0.4) is 0 Å². The van der Waals surface area contributed by atoms with Crippen LogP contribution in [0.4, 0.5) is 0 Å². The van der Waals surface area contributed by atoms with Gasteiger partial charge in [-0.25, -0.2) is 4.98 Å². The Morgan fingerprint density at radius 2 is 2.00 bits per heavy atom. The van der Waals surface area contributed by atoms with Gasteiger partial charge in [0.25, 0.3) is 0 Å². The number of aromatic nitrogens is 4. The van der Waals surface area contributed by atoms with Crippen molar-refractivity contribution in [3.05, 3.63) is 54.1 Å². The highest BCUT2D eigenvalue weighted by Gasteiger charge is 2.39. The summed E-state index contributed by atoms with van der Waals surface area (Å²) in [5.41, 5.74) is 3.62. The second-order valence-electron chi connectivity index (χ2n) is 7.36. The van der Waals surface area contributed by atoms with Crippen LogP contribution in [0, 0.1) is 6.92 Å². The highest BCUT2D eigenvalue weighted by Crippen LogP contribution is 2.40. The van der Waals surface area contributed by atoms with E-state index in [-0.39, 0.29) is 11.9 Å². The topological polar surface area (TPSA) is 69.9 Å². The van der Waals surface area contributed by atoms with Crippen molar-refractivity contribution >= 4 is 17.5 Å². The van der Waals surface area contributed by atoms with E-state index >= 15 is 0 Å². The smallest absolute Gasteiger partial charge is 0.196 e. The third kappa shape index (κ3) is 3.25. The van der Waals surface area contributed by atoms with Crippen molar-refractivity contribution in [1.82, 2.24) is 19.7 Å². The first-order valence-electron chi connectivity index (χ1n) is 9.43. The molecule has 7 heteroatoms. The Labute approximate surface area is 167 Å². The molecule has 1 aliphatic carbocycles. The summed E-state index contributed by atoms with van der Waals surface area (Å²) in [6.45, 7) is 3.79. The molecule has 0 spiro atoms. The molecule has 3 aromatic rings. The van der Waals surface area contributed by atoms with Crippen LogP contribution in [0.15, 0.2) is 52.8 Å². The van der Waals surface area contributed by atoms with E-state index in [1.807, 2.05) is 31.3 Å². The van der Waals surface area contributed by atoms with Crippen molar-refractivity contribution in [3.8, 4) is 11.3 Å². The molecule has 1 aliphatic heterocycles. The number of ketones is 1. The van der Waals surface area contributed by atoms with Gasteiger partial charge in [0.1, 0.15) is 16.8 Å². The lowest BCUT2D eigenvalue weighted by atomic mass is 10.0. The lowest BCUT2D eigenvalue weighted by Crippen LogP contribution is -2.41. The molecule has 28 heavy (non-hydrogen) atoms. The summed E-state index contributed by atoms with van der Waals surface area (Å²) in [7, 11) is 0. The number of carbonyl (C=O) groups is 1. The summed E-state index contributed by atoms with van der Waals surface area (Å²) >= 11 is 1.61. The van der Waals surface area contributed by atoms with E-state index in [0.717, 1.165) is 26.7 Å². The van der Waals surface area contributed by atoms with E-state index in [0.29, 0.717) is 11.7 Å². The predicted octanol–water partition coefficient (Wildman–Crippen LogP) is 4.16. The van der Waals surface area contributed by atoms with E-state index in [4.69, 9.17) is 9.84 Å². The zero-order valence-electron chi connectivity index (χ0n) is 15.7. The summed E-state index contributed by atoms with van der Waals surface area (Å²) < 4.78 is 7.55. The van der Waals surface area contributed by atoms with Crippen molar-refractivity contribution < 1.29 is 9.53 Å². The minimum absolute atomic E-state index is 0.0833. The number of hydrogen-bond acceptors (Lipinski definition) is 6. The maximum absolute atomic E-state index is 11.9. The van der Waals surface area contributed by atoms with Crippen LogP contribution in [-0.2, 0) is 9.53 Å². The zero-order chi connectivity index (χ0) is 19.3. The van der Waals surface area contributed by atoms with Crippen molar-refractivity contribution in [3.63, 3.8) is 0 Å². The number of hydrogen-bond donors (Lipinski definition) is 0. The SMILES string of the molecule is Cc1ccc(Sc2cn(C3CC3)nc2-c2ccc(C3OC(C)C3=O)nc2)nc1. The monoisotopic (exact) mass is 392 g/mol.